The van der Waals surface area contributed by atoms with Crippen molar-refractivity contribution in [2.75, 3.05) is 13.1 Å². The first-order valence-corrected chi connectivity index (χ1v) is 16.9. The molecule has 13 heteroatoms. The van der Waals surface area contributed by atoms with Gasteiger partial charge in [0.25, 0.3) is 5.56 Å². The average Bonchev–Trinajstić information content (AvgIpc) is 3.11. The van der Waals surface area contributed by atoms with Crippen LogP contribution in [0.1, 0.15) is 40.2 Å². The number of carbonyl (C=O) groups is 1. The molecule has 0 amide bonds. The van der Waals surface area contributed by atoms with Crippen LogP contribution in [-0.4, -0.2) is 36.2 Å². The molecular weight excluding hydrogens is 682 g/mol. The Morgan fingerprint density at radius 2 is 1.34 bits per heavy atom. The maximum atomic E-state index is 13.7. The fourth-order valence-electron chi connectivity index (χ4n) is 6.00. The zero-order chi connectivity index (χ0) is 35.8. The molecule has 1 aliphatic rings. The van der Waals surface area contributed by atoms with Crippen molar-refractivity contribution < 1.29 is 39.6 Å². The van der Waals surface area contributed by atoms with Crippen molar-refractivity contribution >= 4 is 15.8 Å². The first-order valence-electron chi connectivity index (χ1n) is 15.5. The Kier molecular flexibility index (Phi) is 9.56. The van der Waals surface area contributed by atoms with Gasteiger partial charge in [-0.25, -0.2) is 21.6 Å². The summed E-state index contributed by atoms with van der Waals surface area (Å²) in [7, 11) is -4.03. The summed E-state index contributed by atoms with van der Waals surface area (Å²) in [6.07, 6.45) is -2.42. The summed E-state index contributed by atoms with van der Waals surface area (Å²) in [5.74, 6) is -4.61. The van der Waals surface area contributed by atoms with E-state index in [0.29, 0.717) is 29.5 Å². The topological polar surface area (TPSA) is 76.5 Å². The quantitative estimate of drug-likeness (QED) is 0.0928. The number of benzene rings is 4. The van der Waals surface area contributed by atoms with E-state index in [-0.39, 0.29) is 35.0 Å². The number of ketones is 1. The molecule has 0 unspecified atom stereocenters. The van der Waals surface area contributed by atoms with Gasteiger partial charge in [-0.2, -0.15) is 17.5 Å². The number of nitrogens with zero attached hydrogens (tertiary/aromatic N) is 2. The molecule has 0 N–H and O–H groups in total. The van der Waals surface area contributed by atoms with Gasteiger partial charge in [-0.15, -0.1) is 0 Å². The van der Waals surface area contributed by atoms with Gasteiger partial charge in [0.15, 0.2) is 23.2 Å². The van der Waals surface area contributed by atoms with Gasteiger partial charge < -0.3 is 4.57 Å². The molecule has 0 bridgehead atoms. The molecule has 0 radical (unpaired) electrons. The third kappa shape index (κ3) is 7.29. The van der Waals surface area contributed by atoms with E-state index in [1.54, 1.807) is 24.3 Å². The number of Topliss-reactive ketones (excluding diaryl/α,β-unsaturated/α-hetero) is 1. The molecule has 1 aliphatic heterocycles. The number of rotatable bonds is 8. The molecule has 6 rings (SSSR count). The Morgan fingerprint density at radius 1 is 0.740 bits per heavy atom. The van der Waals surface area contributed by atoms with Crippen LogP contribution in [0.5, 0.6) is 0 Å². The van der Waals surface area contributed by atoms with Crippen LogP contribution in [0.25, 0.3) is 22.3 Å². The minimum absolute atomic E-state index is 0.00346. The van der Waals surface area contributed by atoms with Crippen LogP contribution in [0, 0.1) is 17.5 Å². The molecule has 1 fully saturated rings. The molecule has 0 spiro atoms. The van der Waals surface area contributed by atoms with Crippen molar-refractivity contribution in [1.82, 2.24) is 8.87 Å². The molecule has 258 valence electrons. The Bertz CT molecular complexity index is 2200. The van der Waals surface area contributed by atoms with E-state index in [1.165, 1.54) is 46.8 Å². The van der Waals surface area contributed by atoms with E-state index in [1.807, 2.05) is 0 Å². The van der Waals surface area contributed by atoms with Gasteiger partial charge in [-0.1, -0.05) is 60.7 Å². The maximum absolute atomic E-state index is 13.7. The van der Waals surface area contributed by atoms with Crippen LogP contribution in [0.2, 0.25) is 0 Å². The lowest BCUT2D eigenvalue weighted by Crippen LogP contribution is -2.38. The molecule has 0 saturated carbocycles. The number of halogens is 6. The lowest BCUT2D eigenvalue weighted by Gasteiger charge is -2.31. The average molecular weight is 711 g/mol. The molecule has 2 heterocycles. The van der Waals surface area contributed by atoms with Crippen molar-refractivity contribution in [2.24, 2.45) is 0 Å². The first-order chi connectivity index (χ1) is 23.7. The van der Waals surface area contributed by atoms with Crippen LogP contribution in [0.4, 0.5) is 26.3 Å². The van der Waals surface area contributed by atoms with Gasteiger partial charge in [0, 0.05) is 30.9 Å². The summed E-state index contributed by atoms with van der Waals surface area (Å²) < 4.78 is 110. The highest BCUT2D eigenvalue weighted by molar-refractivity contribution is 7.89. The van der Waals surface area contributed by atoms with Crippen molar-refractivity contribution in [1.29, 1.82) is 0 Å². The predicted molar refractivity (Wildman–Crippen MR) is 174 cm³/mol. The molecular formula is C37H28F6N2O4S. The molecule has 50 heavy (non-hydrogen) atoms. The minimum atomic E-state index is -4.51. The molecule has 5 aromatic rings. The van der Waals surface area contributed by atoms with Crippen LogP contribution < -0.4 is 5.56 Å². The zero-order valence-electron chi connectivity index (χ0n) is 26.1. The van der Waals surface area contributed by atoms with Crippen LogP contribution in [-0.2, 0) is 22.7 Å². The fraction of sp³-hybridized carbons (Fsp3) is 0.189. The Labute approximate surface area is 283 Å². The smallest absolute Gasteiger partial charge is 0.306 e. The summed E-state index contributed by atoms with van der Waals surface area (Å²) in [6, 6.07) is 21.6. The van der Waals surface area contributed by atoms with Crippen molar-refractivity contribution in [3.05, 3.63) is 148 Å². The number of sulfonamides is 1. The van der Waals surface area contributed by atoms with Crippen LogP contribution >= 0.6 is 0 Å². The molecule has 0 atom stereocenters. The van der Waals surface area contributed by atoms with E-state index >= 15 is 0 Å². The van der Waals surface area contributed by atoms with Gasteiger partial charge in [-0.3, -0.25) is 9.59 Å². The lowest BCUT2D eigenvalue weighted by atomic mass is 9.89. The van der Waals surface area contributed by atoms with Gasteiger partial charge in [0.2, 0.25) is 10.0 Å². The number of pyridine rings is 1. The summed E-state index contributed by atoms with van der Waals surface area (Å²) in [5, 5.41) is 0. The summed E-state index contributed by atoms with van der Waals surface area (Å²) >= 11 is 0. The highest BCUT2D eigenvalue weighted by Gasteiger charge is 2.31. The molecule has 1 saturated heterocycles. The van der Waals surface area contributed by atoms with Crippen molar-refractivity contribution in [3.8, 4) is 22.3 Å². The summed E-state index contributed by atoms with van der Waals surface area (Å²) in [4.78, 5) is 25.5. The minimum Gasteiger partial charge on any atom is -0.306 e. The molecule has 6 nitrogen and oxygen atoms in total. The summed E-state index contributed by atoms with van der Waals surface area (Å²) in [5.41, 5.74) is 1.14. The van der Waals surface area contributed by atoms with Gasteiger partial charge in [-0.05, 0) is 76.9 Å². The molecule has 0 aliphatic carbocycles. The Hall–Kier alpha value is -5.01. The lowest BCUT2D eigenvalue weighted by molar-refractivity contribution is -0.137. The maximum Gasteiger partial charge on any atom is 0.416 e. The zero-order valence-corrected chi connectivity index (χ0v) is 26.9. The van der Waals surface area contributed by atoms with Gasteiger partial charge in [0.05, 0.1) is 17.0 Å². The number of aromatic nitrogens is 1. The fourth-order valence-corrected chi connectivity index (χ4v) is 7.49. The standard InChI is InChI=1S/C37H28F6N2O4S/c38-32-19-29(20-33(39)36(32)40)25-6-4-23(5-7-25)26-14-16-45(17-15-26)50(48,49)31-12-13-35(47)44(21-31)22-34(46)27-10-8-24(9-11-27)28-2-1-3-30(18-28)37(41,42)43/h1-13,18-21,26H,14-17,22H2. The second-order valence-corrected chi connectivity index (χ2v) is 13.9. The van der Waals surface area contributed by atoms with E-state index in [9.17, 15) is 44.3 Å². The third-order valence-corrected chi connectivity index (χ3v) is 10.7. The van der Waals surface area contributed by atoms with E-state index in [2.05, 4.69) is 0 Å². The van der Waals surface area contributed by atoms with Gasteiger partial charge in [0.1, 0.15) is 0 Å². The number of hydrogen-bond donors (Lipinski definition) is 0. The Balaban J connectivity index is 1.11. The third-order valence-electron chi connectivity index (χ3n) is 8.79. The van der Waals surface area contributed by atoms with Gasteiger partial charge >= 0.3 is 6.18 Å². The monoisotopic (exact) mass is 710 g/mol. The molecule has 4 aromatic carbocycles. The highest BCUT2D eigenvalue weighted by atomic mass is 32.2. The van der Waals surface area contributed by atoms with Crippen molar-refractivity contribution in [3.63, 3.8) is 0 Å². The van der Waals surface area contributed by atoms with E-state index in [0.717, 1.165) is 46.7 Å². The van der Waals surface area contributed by atoms with E-state index < -0.39 is 57.1 Å². The largest absolute Gasteiger partial charge is 0.416 e. The normalized spacial score (nSPS) is 14.5. The second kappa shape index (κ2) is 13.7. The highest BCUT2D eigenvalue weighted by Crippen LogP contribution is 2.34. The number of piperidine rings is 1. The predicted octanol–water partition coefficient (Wildman–Crippen LogP) is 8.07. The first kappa shape index (κ1) is 34.8. The number of alkyl halides is 3. The second-order valence-electron chi connectivity index (χ2n) is 12.0. The molecule has 1 aromatic heterocycles. The Morgan fingerprint density at radius 3 is 1.96 bits per heavy atom. The number of carbonyl (C=O) groups excluding carboxylic acids is 1. The summed E-state index contributed by atoms with van der Waals surface area (Å²) in [6.45, 7) is -0.0980. The van der Waals surface area contributed by atoms with Crippen molar-refractivity contribution in [2.45, 2.75) is 36.4 Å². The van der Waals surface area contributed by atoms with E-state index in [4.69, 9.17) is 0 Å². The SMILES string of the molecule is O=C(Cn1cc(S(=O)(=O)N2CCC(c3ccc(-c4cc(F)c(F)c(F)c4)cc3)CC2)ccc1=O)c1ccc(-c2cccc(C(F)(F)F)c2)cc1. The van der Waals surface area contributed by atoms with Crippen LogP contribution in [0.15, 0.2) is 113 Å². The van der Waals surface area contributed by atoms with Crippen LogP contribution in [0.3, 0.4) is 0 Å². The number of hydrogen-bond acceptors (Lipinski definition) is 4.